The summed E-state index contributed by atoms with van der Waals surface area (Å²) in [6.45, 7) is 2.74. The second-order valence-electron chi connectivity index (χ2n) is 8.44. The van der Waals surface area contributed by atoms with Crippen molar-refractivity contribution in [2.24, 2.45) is 10.7 Å². The molecule has 2 aromatic rings. The molecule has 2 heterocycles. The Morgan fingerprint density at radius 2 is 1.89 bits per heavy atom. The van der Waals surface area contributed by atoms with Crippen molar-refractivity contribution >= 4 is 28.5 Å². The van der Waals surface area contributed by atoms with E-state index >= 15 is 0 Å². The number of piperidine rings is 1. The zero-order chi connectivity index (χ0) is 25.7. The van der Waals surface area contributed by atoms with Gasteiger partial charge >= 0.3 is 6.36 Å². The summed E-state index contributed by atoms with van der Waals surface area (Å²) in [6, 6.07) is 10.7. The second-order valence-corrected chi connectivity index (χ2v) is 9.45. The first-order valence-electron chi connectivity index (χ1n) is 11.4. The fourth-order valence-electron chi connectivity index (χ4n) is 3.93. The Hall–Kier alpha value is -2.99. The van der Waals surface area contributed by atoms with Crippen LogP contribution in [-0.4, -0.2) is 60.5 Å². The van der Waals surface area contributed by atoms with Gasteiger partial charge in [0.2, 0.25) is 5.91 Å². The Morgan fingerprint density at radius 1 is 1.17 bits per heavy atom. The summed E-state index contributed by atoms with van der Waals surface area (Å²) in [5, 5.41) is 3.22. The molecule has 1 amide bonds. The van der Waals surface area contributed by atoms with Gasteiger partial charge in [-0.15, -0.1) is 13.2 Å². The van der Waals surface area contributed by atoms with E-state index in [0.29, 0.717) is 36.1 Å². The van der Waals surface area contributed by atoms with Gasteiger partial charge in [-0.3, -0.25) is 14.7 Å². The summed E-state index contributed by atoms with van der Waals surface area (Å²) in [6.07, 6.45) is -4.46. The van der Waals surface area contributed by atoms with Gasteiger partial charge in [-0.05, 0) is 48.7 Å². The SMILES string of the molecule is NC(=O)c1ccc(OC(F)(F)F)c(NC2=NC(c3ccc(OCCN4CCC(F)CC4)cc3)CS2)c1. The third-order valence-electron chi connectivity index (χ3n) is 5.84. The third kappa shape index (κ3) is 7.26. The van der Waals surface area contributed by atoms with E-state index in [1.54, 1.807) is 0 Å². The van der Waals surface area contributed by atoms with E-state index < -0.39 is 24.2 Å². The van der Waals surface area contributed by atoms with Crippen LogP contribution in [0.5, 0.6) is 11.5 Å². The highest BCUT2D eigenvalue weighted by Gasteiger charge is 2.33. The molecule has 0 radical (unpaired) electrons. The molecule has 1 fully saturated rings. The number of rotatable bonds is 8. The Labute approximate surface area is 210 Å². The summed E-state index contributed by atoms with van der Waals surface area (Å²) in [7, 11) is 0. The molecule has 1 unspecified atom stereocenters. The highest BCUT2D eigenvalue weighted by Crippen LogP contribution is 2.35. The minimum atomic E-state index is -4.90. The van der Waals surface area contributed by atoms with E-state index in [2.05, 4.69) is 19.9 Å². The largest absolute Gasteiger partial charge is 0.573 e. The van der Waals surface area contributed by atoms with Crippen molar-refractivity contribution < 1.29 is 31.8 Å². The van der Waals surface area contributed by atoms with Gasteiger partial charge in [-0.25, -0.2) is 4.39 Å². The van der Waals surface area contributed by atoms with Gasteiger partial charge in [0.15, 0.2) is 10.9 Å². The number of hydrogen-bond donors (Lipinski definition) is 2. The Morgan fingerprint density at radius 3 is 2.56 bits per heavy atom. The summed E-state index contributed by atoms with van der Waals surface area (Å²) in [5.41, 5.74) is 6.16. The molecule has 3 N–H and O–H groups in total. The number of alkyl halides is 4. The summed E-state index contributed by atoms with van der Waals surface area (Å²) in [5.74, 6) is 0.0270. The lowest BCUT2D eigenvalue weighted by Gasteiger charge is -2.28. The monoisotopic (exact) mass is 526 g/mol. The molecule has 1 saturated heterocycles. The average Bonchev–Trinajstić information content (AvgIpc) is 3.29. The van der Waals surface area contributed by atoms with Gasteiger partial charge in [0, 0.05) is 31.0 Å². The topological polar surface area (TPSA) is 89.2 Å². The van der Waals surface area contributed by atoms with Gasteiger partial charge < -0.3 is 20.5 Å². The molecule has 2 aliphatic rings. The van der Waals surface area contributed by atoms with E-state index in [0.717, 1.165) is 37.3 Å². The lowest BCUT2D eigenvalue weighted by Crippen LogP contribution is -2.37. The molecule has 0 spiro atoms. The van der Waals surface area contributed by atoms with Crippen molar-refractivity contribution in [3.8, 4) is 11.5 Å². The highest BCUT2D eigenvalue weighted by atomic mass is 32.2. The number of nitrogens with two attached hydrogens (primary N) is 1. The molecule has 7 nitrogen and oxygen atoms in total. The number of amidine groups is 1. The molecule has 4 rings (SSSR count). The van der Waals surface area contributed by atoms with Gasteiger partial charge in [-0.2, -0.15) is 0 Å². The number of ether oxygens (including phenoxy) is 2. The van der Waals surface area contributed by atoms with Gasteiger partial charge in [0.05, 0.1) is 11.7 Å². The predicted octanol–water partition coefficient (Wildman–Crippen LogP) is 4.75. The van der Waals surface area contributed by atoms with Crippen LogP contribution in [0.4, 0.5) is 23.2 Å². The molecule has 194 valence electrons. The lowest BCUT2D eigenvalue weighted by atomic mass is 10.1. The molecule has 0 bridgehead atoms. The molecule has 36 heavy (non-hydrogen) atoms. The summed E-state index contributed by atoms with van der Waals surface area (Å²) in [4.78, 5) is 18.2. The van der Waals surface area contributed by atoms with Crippen LogP contribution in [0.1, 0.15) is 34.8 Å². The highest BCUT2D eigenvalue weighted by molar-refractivity contribution is 8.14. The van der Waals surface area contributed by atoms with E-state index in [1.807, 2.05) is 24.3 Å². The maximum Gasteiger partial charge on any atom is 0.573 e. The van der Waals surface area contributed by atoms with Crippen LogP contribution in [-0.2, 0) is 0 Å². The smallest absolute Gasteiger partial charge is 0.492 e. The van der Waals surface area contributed by atoms with Crippen LogP contribution < -0.4 is 20.5 Å². The fourth-order valence-corrected chi connectivity index (χ4v) is 4.89. The first kappa shape index (κ1) is 26.1. The van der Waals surface area contributed by atoms with Crippen molar-refractivity contribution in [3.05, 3.63) is 53.6 Å². The van der Waals surface area contributed by atoms with Crippen LogP contribution in [0.25, 0.3) is 0 Å². The normalized spacial score (nSPS) is 19.1. The minimum Gasteiger partial charge on any atom is -0.492 e. The zero-order valence-corrected chi connectivity index (χ0v) is 20.1. The van der Waals surface area contributed by atoms with Crippen LogP contribution >= 0.6 is 11.8 Å². The first-order valence-corrected chi connectivity index (χ1v) is 12.4. The number of nitrogens with zero attached hydrogens (tertiary/aromatic N) is 2. The predicted molar refractivity (Wildman–Crippen MR) is 130 cm³/mol. The van der Waals surface area contributed by atoms with Gasteiger partial charge in [0.25, 0.3) is 0 Å². The van der Waals surface area contributed by atoms with Crippen LogP contribution in [0.3, 0.4) is 0 Å². The standard InChI is InChI=1S/C24H26F4N4O3S/c25-17-7-9-32(10-8-17)11-12-34-18-4-1-15(2-5-18)20-14-36-23(31-20)30-19-13-16(22(29)33)3-6-21(19)35-24(26,27)28/h1-6,13,17,20H,7-12,14H2,(H2,29,33)(H,30,31). The van der Waals surface area contributed by atoms with E-state index in [4.69, 9.17) is 10.5 Å². The number of thioether (sulfide) groups is 1. The Balaban J connectivity index is 1.35. The van der Waals surface area contributed by atoms with E-state index in [9.17, 15) is 22.4 Å². The molecule has 0 saturated carbocycles. The van der Waals surface area contributed by atoms with Gasteiger partial charge in [-0.1, -0.05) is 23.9 Å². The van der Waals surface area contributed by atoms with Crippen LogP contribution in [0, 0.1) is 0 Å². The van der Waals surface area contributed by atoms with Crippen molar-refractivity contribution in [3.63, 3.8) is 0 Å². The van der Waals surface area contributed by atoms with Crippen molar-refractivity contribution in [1.82, 2.24) is 4.90 Å². The number of hydrogen-bond acceptors (Lipinski definition) is 7. The van der Waals surface area contributed by atoms with E-state index in [-0.39, 0.29) is 17.3 Å². The maximum absolute atomic E-state index is 13.2. The molecular weight excluding hydrogens is 500 g/mol. The average molecular weight is 527 g/mol. The molecular formula is C24H26F4N4O3S. The Bertz CT molecular complexity index is 1090. The second kappa shape index (κ2) is 11.4. The number of benzene rings is 2. The number of nitrogens with one attached hydrogen (secondary N) is 1. The van der Waals surface area contributed by atoms with Crippen LogP contribution in [0.2, 0.25) is 0 Å². The quantitative estimate of drug-likeness (QED) is 0.483. The molecule has 1 atom stereocenters. The number of amides is 1. The lowest BCUT2D eigenvalue weighted by molar-refractivity contribution is -0.274. The number of primary amides is 1. The summed E-state index contributed by atoms with van der Waals surface area (Å²) < 4.78 is 61.5. The fraction of sp³-hybridized carbons (Fsp3) is 0.417. The number of halogens is 4. The van der Waals surface area contributed by atoms with Crippen LogP contribution in [0.15, 0.2) is 47.5 Å². The molecule has 12 heteroatoms. The zero-order valence-electron chi connectivity index (χ0n) is 19.3. The molecule has 2 aliphatic heterocycles. The number of aliphatic imine (C=N–C) groups is 1. The molecule has 0 aromatic heterocycles. The maximum atomic E-state index is 13.2. The number of carbonyl (C=O) groups is 1. The number of carbonyl (C=O) groups excluding carboxylic acids is 1. The molecule has 2 aromatic carbocycles. The minimum absolute atomic E-state index is 0.0367. The van der Waals surface area contributed by atoms with Crippen molar-refractivity contribution in [2.75, 3.05) is 37.3 Å². The Kier molecular flexibility index (Phi) is 8.24. The summed E-state index contributed by atoms with van der Waals surface area (Å²) >= 11 is 1.34. The van der Waals surface area contributed by atoms with Gasteiger partial charge in [0.1, 0.15) is 18.5 Å². The number of anilines is 1. The third-order valence-corrected chi connectivity index (χ3v) is 6.80. The molecule has 0 aliphatic carbocycles. The number of likely N-dealkylation sites (tertiary alicyclic amines) is 1. The van der Waals surface area contributed by atoms with E-state index in [1.165, 1.54) is 17.8 Å². The first-order chi connectivity index (χ1) is 17.2. The van der Waals surface area contributed by atoms with Crippen molar-refractivity contribution in [2.45, 2.75) is 31.4 Å². The van der Waals surface area contributed by atoms with Crippen molar-refractivity contribution in [1.29, 1.82) is 0 Å².